The summed E-state index contributed by atoms with van der Waals surface area (Å²) in [6.45, 7) is 14.5. The standard InChI is InChI=1S/C45H53N5O5.BrH/c1-31(2)15-14-16-33(5)21-24-48-25-22-36(23-26-48)43(53)49-29-38(35-19-12-9-13-20-35)50(44(54)40(49)32(3)4)37(27-34-17-10-8-11-18-34)41(52)46-28-39(51)42-47-45(6,7)30-55-42;/h8-13,15,17-23,25-26,29,32,37,40H,14,16,24,27-28,30H2,1-7H3;1H/t37-,40+;/m0./s1. The predicted octanol–water partition coefficient (Wildman–Crippen LogP) is 3.48. The minimum Gasteiger partial charge on any atom is -1.00 e. The van der Waals surface area contributed by atoms with Crippen molar-refractivity contribution in [1.82, 2.24) is 15.1 Å². The largest absolute Gasteiger partial charge is 1.00 e. The average molecular weight is 825 g/mol. The minimum absolute atomic E-state index is 0. The third-order valence-corrected chi connectivity index (χ3v) is 9.64. The third kappa shape index (κ3) is 11.2. The van der Waals surface area contributed by atoms with Crippen LogP contribution >= 0.6 is 0 Å². The van der Waals surface area contributed by atoms with E-state index in [0.717, 1.165) is 18.4 Å². The number of Topliss-reactive ketones (excluding diaryl/α,β-unsaturated/α-hetero) is 1. The maximum absolute atomic E-state index is 15.0. The highest BCUT2D eigenvalue weighted by Crippen LogP contribution is 2.34. The number of amides is 3. The summed E-state index contributed by atoms with van der Waals surface area (Å²) in [4.78, 5) is 64.1. The molecule has 296 valence electrons. The van der Waals surface area contributed by atoms with Crippen molar-refractivity contribution in [2.24, 2.45) is 10.9 Å². The van der Waals surface area contributed by atoms with Gasteiger partial charge in [0.15, 0.2) is 18.9 Å². The molecule has 2 aromatic carbocycles. The monoisotopic (exact) mass is 823 g/mol. The van der Waals surface area contributed by atoms with E-state index in [-0.39, 0.29) is 54.3 Å². The lowest BCUT2D eigenvalue weighted by Gasteiger charge is -2.44. The average Bonchev–Trinajstić information content (AvgIpc) is 3.54. The molecule has 0 unspecified atom stereocenters. The molecule has 56 heavy (non-hydrogen) atoms. The number of carbonyl (C=O) groups is 4. The van der Waals surface area contributed by atoms with E-state index in [0.29, 0.717) is 23.4 Å². The molecule has 3 aromatic rings. The smallest absolute Gasteiger partial charge is 0.259 e. The van der Waals surface area contributed by atoms with E-state index in [4.69, 9.17) is 4.74 Å². The lowest BCUT2D eigenvalue weighted by Crippen LogP contribution is -3.00. The summed E-state index contributed by atoms with van der Waals surface area (Å²) in [5.41, 5.74) is 4.41. The van der Waals surface area contributed by atoms with Gasteiger partial charge in [-0.1, -0.05) is 91.7 Å². The highest BCUT2D eigenvalue weighted by atomic mass is 79.9. The van der Waals surface area contributed by atoms with Gasteiger partial charge in [0.1, 0.15) is 18.7 Å². The normalized spacial score (nSPS) is 17.0. The molecule has 2 aliphatic rings. The molecule has 0 saturated carbocycles. The number of halogens is 1. The molecule has 0 aliphatic carbocycles. The molecule has 0 saturated heterocycles. The first-order chi connectivity index (χ1) is 26.2. The lowest BCUT2D eigenvalue weighted by molar-refractivity contribution is -0.687. The van der Waals surface area contributed by atoms with E-state index in [1.807, 2.05) is 105 Å². The van der Waals surface area contributed by atoms with Gasteiger partial charge in [-0.2, -0.15) is 0 Å². The van der Waals surface area contributed by atoms with Gasteiger partial charge in [-0.3, -0.25) is 24.1 Å². The predicted molar refractivity (Wildman–Crippen MR) is 215 cm³/mol. The van der Waals surface area contributed by atoms with Gasteiger partial charge < -0.3 is 31.9 Å². The molecule has 3 amide bonds. The molecule has 0 spiro atoms. The van der Waals surface area contributed by atoms with Crippen LogP contribution in [-0.4, -0.2) is 70.0 Å². The molecule has 2 atom stereocenters. The van der Waals surface area contributed by atoms with Gasteiger partial charge in [0.2, 0.25) is 11.7 Å². The Kier molecular flexibility index (Phi) is 15.3. The number of ether oxygens (including phenoxy) is 1. The van der Waals surface area contributed by atoms with Crippen molar-refractivity contribution in [2.75, 3.05) is 13.2 Å². The third-order valence-electron chi connectivity index (χ3n) is 9.64. The second-order valence-corrected chi connectivity index (χ2v) is 15.5. The highest BCUT2D eigenvalue weighted by Gasteiger charge is 2.45. The Hall–Kier alpha value is -5.16. The zero-order chi connectivity index (χ0) is 39.7. The number of pyridine rings is 1. The second kappa shape index (κ2) is 19.6. The lowest BCUT2D eigenvalue weighted by atomic mass is 9.93. The number of hydrogen-bond donors (Lipinski definition) is 1. The number of allylic oxidation sites excluding steroid dienone is 4. The Labute approximate surface area is 341 Å². The Balaban J connectivity index is 0.00000696. The molecule has 3 heterocycles. The van der Waals surface area contributed by atoms with Crippen molar-refractivity contribution >= 4 is 35.1 Å². The maximum atomic E-state index is 15.0. The van der Waals surface area contributed by atoms with Crippen LogP contribution in [0.25, 0.3) is 5.70 Å². The summed E-state index contributed by atoms with van der Waals surface area (Å²) >= 11 is 0. The van der Waals surface area contributed by atoms with Gasteiger partial charge in [-0.05, 0) is 70.6 Å². The van der Waals surface area contributed by atoms with Crippen LogP contribution in [0.1, 0.15) is 82.8 Å². The number of aromatic nitrogens is 1. The fourth-order valence-corrected chi connectivity index (χ4v) is 6.64. The van der Waals surface area contributed by atoms with Gasteiger partial charge in [0.05, 0.1) is 23.3 Å². The summed E-state index contributed by atoms with van der Waals surface area (Å²) in [6, 6.07) is 20.3. The van der Waals surface area contributed by atoms with Crippen LogP contribution in [0.2, 0.25) is 0 Å². The molecular weight excluding hydrogens is 770 g/mol. The van der Waals surface area contributed by atoms with Crippen LogP contribution < -0.4 is 26.9 Å². The van der Waals surface area contributed by atoms with Crippen LogP contribution in [0, 0.1) is 5.92 Å². The molecule has 1 N–H and O–H groups in total. The number of ketones is 1. The summed E-state index contributed by atoms with van der Waals surface area (Å²) in [5.74, 6) is -2.00. The molecule has 10 nitrogen and oxygen atoms in total. The number of aliphatic imine (C=N–C) groups is 1. The molecule has 5 rings (SSSR count). The van der Waals surface area contributed by atoms with E-state index in [2.05, 4.69) is 43.2 Å². The molecule has 2 aliphatic heterocycles. The molecule has 0 fully saturated rings. The van der Waals surface area contributed by atoms with E-state index < -0.39 is 35.2 Å². The summed E-state index contributed by atoms with van der Waals surface area (Å²) in [7, 11) is 0. The highest BCUT2D eigenvalue weighted by molar-refractivity contribution is 6.37. The molecule has 0 bridgehead atoms. The van der Waals surface area contributed by atoms with E-state index in [1.54, 1.807) is 18.3 Å². The quantitative estimate of drug-likeness (QED) is 0.187. The molecule has 11 heteroatoms. The Morgan fingerprint density at radius 3 is 2.20 bits per heavy atom. The first-order valence-electron chi connectivity index (χ1n) is 19.0. The first-order valence-corrected chi connectivity index (χ1v) is 19.0. The Bertz CT molecular complexity index is 1980. The number of rotatable bonds is 15. The first kappa shape index (κ1) is 43.6. The summed E-state index contributed by atoms with van der Waals surface area (Å²) in [5, 5.41) is 2.78. The van der Waals surface area contributed by atoms with Crippen molar-refractivity contribution in [1.29, 1.82) is 0 Å². The van der Waals surface area contributed by atoms with Crippen molar-refractivity contribution in [3.63, 3.8) is 0 Å². The van der Waals surface area contributed by atoms with Gasteiger partial charge in [0, 0.05) is 24.8 Å². The number of nitrogens with zero attached hydrogens (tertiary/aromatic N) is 4. The second-order valence-electron chi connectivity index (χ2n) is 15.5. The number of benzene rings is 2. The topological polar surface area (TPSA) is 112 Å². The molecule has 1 aromatic heterocycles. The van der Waals surface area contributed by atoms with Gasteiger partial charge in [-0.15, -0.1) is 0 Å². The number of nitrogens with one attached hydrogen (secondary N) is 1. The van der Waals surface area contributed by atoms with Gasteiger partial charge >= 0.3 is 0 Å². The Morgan fingerprint density at radius 2 is 1.61 bits per heavy atom. The number of carbonyl (C=O) groups excluding carboxylic acids is 4. The van der Waals surface area contributed by atoms with Crippen molar-refractivity contribution in [3.05, 3.63) is 131 Å². The van der Waals surface area contributed by atoms with Crippen LogP contribution in [0.4, 0.5) is 0 Å². The van der Waals surface area contributed by atoms with Crippen LogP contribution in [0.5, 0.6) is 0 Å². The van der Waals surface area contributed by atoms with Gasteiger partial charge in [-0.25, -0.2) is 9.56 Å². The van der Waals surface area contributed by atoms with Crippen LogP contribution in [0.15, 0.2) is 120 Å². The molecular formula is C45H54BrN5O5. The zero-order valence-electron chi connectivity index (χ0n) is 33.5. The van der Waals surface area contributed by atoms with E-state index in [1.165, 1.54) is 20.9 Å². The summed E-state index contributed by atoms with van der Waals surface area (Å²) in [6.07, 6.45) is 12.0. The van der Waals surface area contributed by atoms with Crippen molar-refractivity contribution in [3.8, 4) is 0 Å². The van der Waals surface area contributed by atoms with Gasteiger partial charge in [0.25, 0.3) is 17.7 Å². The summed E-state index contributed by atoms with van der Waals surface area (Å²) < 4.78 is 7.53. The zero-order valence-corrected chi connectivity index (χ0v) is 35.1. The van der Waals surface area contributed by atoms with E-state index >= 15 is 0 Å². The molecule has 0 radical (unpaired) electrons. The van der Waals surface area contributed by atoms with E-state index in [9.17, 15) is 19.2 Å². The maximum Gasteiger partial charge on any atom is 0.259 e. The van der Waals surface area contributed by atoms with Crippen molar-refractivity contribution in [2.45, 2.75) is 91.9 Å². The van der Waals surface area contributed by atoms with Crippen LogP contribution in [-0.2, 0) is 32.1 Å². The van der Waals surface area contributed by atoms with Crippen LogP contribution in [0.3, 0.4) is 0 Å². The fraction of sp³-hybridized carbons (Fsp3) is 0.378. The Morgan fingerprint density at radius 1 is 0.964 bits per heavy atom. The van der Waals surface area contributed by atoms with Crippen molar-refractivity contribution < 1.29 is 45.5 Å². The fourth-order valence-electron chi connectivity index (χ4n) is 6.64. The minimum atomic E-state index is -1.05. The number of hydrogen-bond acceptors (Lipinski definition) is 6. The SMILES string of the molecule is CC(C)=CCCC(C)=CC[n+]1ccc(C(=O)N2C=C(c3ccccc3)N([C@@H](Cc3ccccc3)C(=O)NCC(=O)C3=NC(C)(C)CO3)C(=O)[C@H]2C(C)C)cc1.[Br-].